The molecule has 0 saturated heterocycles. The zero-order valence-corrected chi connectivity index (χ0v) is 19.5. The molecule has 0 aliphatic rings. The Labute approximate surface area is 205 Å². The number of esters is 1. The predicted octanol–water partition coefficient (Wildman–Crippen LogP) is 3.89. The number of benzene rings is 2. The molecule has 0 unspecified atom stereocenters. The molecule has 12 heteroatoms. The number of rotatable bonds is 12. The van der Waals surface area contributed by atoms with Crippen LogP contribution in [0.2, 0.25) is 0 Å². The van der Waals surface area contributed by atoms with Crippen LogP contribution < -0.4 is 10.1 Å². The smallest absolute Gasteiger partial charge is 0.462 e. The SMILES string of the molecule is COCc1cccc(C(=O)OCCCCn2cc(C(=O)NCc3cccc(OC(F)(F)F)c3)nn2)c1. The Hall–Kier alpha value is -3.93. The van der Waals surface area contributed by atoms with Gasteiger partial charge in [0.15, 0.2) is 5.69 Å². The Morgan fingerprint density at radius 2 is 1.83 bits per heavy atom. The summed E-state index contributed by atoms with van der Waals surface area (Å²) in [5, 5.41) is 10.3. The molecule has 0 fully saturated rings. The summed E-state index contributed by atoms with van der Waals surface area (Å²) in [6.45, 7) is 1.08. The number of methoxy groups -OCH3 is 1. The van der Waals surface area contributed by atoms with Crippen LogP contribution in [0.25, 0.3) is 0 Å². The first-order valence-electron chi connectivity index (χ1n) is 11.0. The highest BCUT2D eigenvalue weighted by Crippen LogP contribution is 2.23. The van der Waals surface area contributed by atoms with E-state index in [0.717, 1.165) is 5.56 Å². The van der Waals surface area contributed by atoms with Gasteiger partial charge in [0.2, 0.25) is 0 Å². The third kappa shape index (κ3) is 8.69. The largest absolute Gasteiger partial charge is 0.573 e. The summed E-state index contributed by atoms with van der Waals surface area (Å²) in [6, 6.07) is 12.3. The van der Waals surface area contributed by atoms with Crippen molar-refractivity contribution >= 4 is 11.9 Å². The van der Waals surface area contributed by atoms with Gasteiger partial charge in [-0.3, -0.25) is 9.48 Å². The van der Waals surface area contributed by atoms with Gasteiger partial charge in [-0.1, -0.05) is 29.5 Å². The molecule has 0 radical (unpaired) electrons. The first-order valence-corrected chi connectivity index (χ1v) is 11.0. The summed E-state index contributed by atoms with van der Waals surface area (Å²) in [7, 11) is 1.58. The van der Waals surface area contributed by atoms with Crippen LogP contribution in [-0.4, -0.2) is 46.9 Å². The minimum Gasteiger partial charge on any atom is -0.462 e. The molecule has 36 heavy (non-hydrogen) atoms. The monoisotopic (exact) mass is 506 g/mol. The Kier molecular flexibility index (Phi) is 9.39. The average molecular weight is 506 g/mol. The second-order valence-corrected chi connectivity index (χ2v) is 7.72. The summed E-state index contributed by atoms with van der Waals surface area (Å²) in [6.07, 6.45) is -2.11. The highest BCUT2D eigenvalue weighted by atomic mass is 19.4. The van der Waals surface area contributed by atoms with Gasteiger partial charge in [0, 0.05) is 20.2 Å². The first kappa shape index (κ1) is 26.7. The highest BCUT2D eigenvalue weighted by Gasteiger charge is 2.31. The number of aryl methyl sites for hydroxylation is 1. The Morgan fingerprint density at radius 1 is 1.06 bits per heavy atom. The normalized spacial score (nSPS) is 11.2. The predicted molar refractivity (Wildman–Crippen MR) is 121 cm³/mol. The lowest BCUT2D eigenvalue weighted by molar-refractivity contribution is -0.274. The van der Waals surface area contributed by atoms with Crippen LogP contribution in [0.5, 0.6) is 5.75 Å². The van der Waals surface area contributed by atoms with E-state index in [0.29, 0.717) is 37.1 Å². The fourth-order valence-corrected chi connectivity index (χ4v) is 3.22. The number of carbonyl (C=O) groups excluding carboxylic acids is 2. The van der Waals surface area contributed by atoms with Crippen molar-refractivity contribution in [2.75, 3.05) is 13.7 Å². The van der Waals surface area contributed by atoms with E-state index in [9.17, 15) is 22.8 Å². The van der Waals surface area contributed by atoms with Crippen molar-refractivity contribution in [3.8, 4) is 5.75 Å². The number of carbonyl (C=O) groups is 2. The number of unbranched alkanes of at least 4 members (excludes halogenated alkanes) is 1. The molecule has 2 aromatic carbocycles. The number of amides is 1. The van der Waals surface area contributed by atoms with Gasteiger partial charge in [0.05, 0.1) is 25.0 Å². The van der Waals surface area contributed by atoms with E-state index < -0.39 is 18.2 Å². The van der Waals surface area contributed by atoms with Crippen LogP contribution in [0.4, 0.5) is 13.2 Å². The summed E-state index contributed by atoms with van der Waals surface area (Å²) in [5.41, 5.74) is 1.83. The lowest BCUT2D eigenvalue weighted by Gasteiger charge is -2.10. The second-order valence-electron chi connectivity index (χ2n) is 7.72. The Balaban J connectivity index is 1.38. The van der Waals surface area contributed by atoms with E-state index in [4.69, 9.17) is 9.47 Å². The fourth-order valence-electron chi connectivity index (χ4n) is 3.22. The van der Waals surface area contributed by atoms with Gasteiger partial charge in [0.1, 0.15) is 5.75 Å². The Morgan fingerprint density at radius 3 is 2.61 bits per heavy atom. The molecular weight excluding hydrogens is 481 g/mol. The third-order valence-electron chi connectivity index (χ3n) is 4.84. The molecule has 0 saturated carbocycles. The number of aromatic nitrogens is 3. The van der Waals surface area contributed by atoms with Gasteiger partial charge in [0.25, 0.3) is 5.91 Å². The van der Waals surface area contributed by atoms with Gasteiger partial charge in [-0.25, -0.2) is 4.79 Å². The summed E-state index contributed by atoms with van der Waals surface area (Å²) in [5.74, 6) is -1.30. The van der Waals surface area contributed by atoms with E-state index in [1.807, 2.05) is 6.07 Å². The van der Waals surface area contributed by atoms with Gasteiger partial charge in [-0.2, -0.15) is 0 Å². The molecule has 0 aliphatic heterocycles. The van der Waals surface area contributed by atoms with Gasteiger partial charge < -0.3 is 19.5 Å². The van der Waals surface area contributed by atoms with Crippen LogP contribution in [0.3, 0.4) is 0 Å². The quantitative estimate of drug-likeness (QED) is 0.294. The maximum Gasteiger partial charge on any atom is 0.573 e. The molecule has 1 N–H and O–H groups in total. The zero-order valence-electron chi connectivity index (χ0n) is 19.5. The zero-order chi connectivity index (χ0) is 26.0. The van der Waals surface area contributed by atoms with Crippen molar-refractivity contribution in [2.24, 2.45) is 0 Å². The van der Waals surface area contributed by atoms with Crippen LogP contribution in [0.1, 0.15) is 44.8 Å². The Bertz CT molecular complexity index is 1170. The molecule has 9 nitrogen and oxygen atoms in total. The van der Waals surface area contributed by atoms with Crippen LogP contribution in [0.15, 0.2) is 54.7 Å². The minimum absolute atomic E-state index is 0.0134. The molecule has 1 aromatic heterocycles. The van der Waals surface area contributed by atoms with Crippen molar-refractivity contribution in [2.45, 2.75) is 38.9 Å². The summed E-state index contributed by atoms with van der Waals surface area (Å²) in [4.78, 5) is 24.5. The number of hydrogen-bond acceptors (Lipinski definition) is 7. The van der Waals surface area contributed by atoms with Crippen LogP contribution >= 0.6 is 0 Å². The molecule has 3 aromatic rings. The molecule has 192 valence electrons. The lowest BCUT2D eigenvalue weighted by atomic mass is 10.1. The minimum atomic E-state index is -4.79. The highest BCUT2D eigenvalue weighted by molar-refractivity contribution is 5.91. The van der Waals surface area contributed by atoms with E-state index >= 15 is 0 Å². The first-order chi connectivity index (χ1) is 17.2. The molecular formula is C24H25F3N4O5. The lowest BCUT2D eigenvalue weighted by Crippen LogP contribution is -2.23. The van der Waals surface area contributed by atoms with Crippen molar-refractivity contribution in [3.63, 3.8) is 0 Å². The third-order valence-corrected chi connectivity index (χ3v) is 4.84. The number of alkyl halides is 3. The van der Waals surface area contributed by atoms with Crippen LogP contribution in [-0.2, 0) is 29.2 Å². The molecule has 1 heterocycles. The van der Waals surface area contributed by atoms with E-state index in [2.05, 4.69) is 20.4 Å². The number of hydrogen-bond donors (Lipinski definition) is 1. The van der Waals surface area contributed by atoms with Crippen molar-refractivity contribution < 1.29 is 37.0 Å². The maximum atomic E-state index is 12.3. The molecule has 1 amide bonds. The number of nitrogens with one attached hydrogen (secondary N) is 1. The molecule has 0 bridgehead atoms. The van der Waals surface area contributed by atoms with Crippen molar-refractivity contribution in [1.29, 1.82) is 0 Å². The number of ether oxygens (including phenoxy) is 3. The van der Waals surface area contributed by atoms with Gasteiger partial charge in [-0.15, -0.1) is 18.3 Å². The van der Waals surface area contributed by atoms with E-state index in [-0.39, 0.29) is 24.6 Å². The topological polar surface area (TPSA) is 105 Å². The van der Waals surface area contributed by atoms with Crippen molar-refractivity contribution in [1.82, 2.24) is 20.3 Å². The average Bonchev–Trinajstić information content (AvgIpc) is 3.31. The van der Waals surface area contributed by atoms with E-state index in [1.165, 1.54) is 29.1 Å². The second kappa shape index (κ2) is 12.7. The molecule has 3 rings (SSSR count). The number of halogens is 3. The van der Waals surface area contributed by atoms with Crippen LogP contribution in [0, 0.1) is 0 Å². The summed E-state index contributed by atoms with van der Waals surface area (Å²) >= 11 is 0. The molecule has 0 spiro atoms. The number of nitrogens with zero attached hydrogens (tertiary/aromatic N) is 3. The maximum absolute atomic E-state index is 12.3. The summed E-state index contributed by atoms with van der Waals surface area (Å²) < 4.78 is 52.8. The van der Waals surface area contributed by atoms with Gasteiger partial charge in [-0.05, 0) is 48.2 Å². The molecule has 0 aliphatic carbocycles. The van der Waals surface area contributed by atoms with Crippen molar-refractivity contribution in [3.05, 3.63) is 77.1 Å². The van der Waals surface area contributed by atoms with E-state index in [1.54, 1.807) is 31.4 Å². The molecule has 0 atom stereocenters. The standard InChI is InChI=1S/C24H25F3N4O5/c1-34-16-18-7-4-8-19(12-18)23(33)35-11-3-2-10-31-15-21(29-30-31)22(32)28-14-17-6-5-9-20(13-17)36-24(25,26)27/h4-9,12-13,15H,2-3,10-11,14,16H2,1H3,(H,28,32). The van der Waals surface area contributed by atoms with Gasteiger partial charge >= 0.3 is 12.3 Å². The fraction of sp³-hybridized carbons (Fsp3) is 0.333.